The van der Waals surface area contributed by atoms with Gasteiger partial charge in [-0.05, 0) is 49.6 Å². The van der Waals surface area contributed by atoms with E-state index in [4.69, 9.17) is 0 Å². The van der Waals surface area contributed by atoms with Crippen molar-refractivity contribution in [3.63, 3.8) is 0 Å². The number of aryl methyl sites for hydroxylation is 2. The van der Waals surface area contributed by atoms with Crippen LogP contribution >= 0.6 is 11.3 Å². The standard InChI is InChI=1S/C15H16N2OS/c1-10-4-7-14(19-10)15(18)17-12-6-5-11-3-2-8-16-13(11)9-12/h4-7,9,16H,2-3,8H2,1H3,(H,17,18). The second-order valence-electron chi connectivity index (χ2n) is 4.77. The number of amides is 1. The third-order valence-corrected chi connectivity index (χ3v) is 4.27. The molecule has 2 N–H and O–H groups in total. The van der Waals surface area contributed by atoms with Crippen molar-refractivity contribution in [2.24, 2.45) is 0 Å². The first-order valence-electron chi connectivity index (χ1n) is 6.47. The molecule has 0 spiro atoms. The summed E-state index contributed by atoms with van der Waals surface area (Å²) < 4.78 is 0. The van der Waals surface area contributed by atoms with E-state index in [2.05, 4.69) is 16.7 Å². The van der Waals surface area contributed by atoms with Crippen LogP contribution in [0.4, 0.5) is 11.4 Å². The van der Waals surface area contributed by atoms with E-state index in [1.54, 1.807) is 0 Å². The highest BCUT2D eigenvalue weighted by Crippen LogP contribution is 2.26. The number of fused-ring (bicyclic) bond motifs is 1. The number of hydrogen-bond acceptors (Lipinski definition) is 3. The maximum absolute atomic E-state index is 12.1. The van der Waals surface area contributed by atoms with Crippen molar-refractivity contribution in [2.75, 3.05) is 17.2 Å². The average molecular weight is 272 g/mol. The quantitative estimate of drug-likeness (QED) is 0.876. The van der Waals surface area contributed by atoms with Gasteiger partial charge in [-0.15, -0.1) is 11.3 Å². The van der Waals surface area contributed by atoms with E-state index in [1.807, 2.05) is 31.2 Å². The molecule has 4 heteroatoms. The van der Waals surface area contributed by atoms with Crippen molar-refractivity contribution in [1.29, 1.82) is 0 Å². The second kappa shape index (κ2) is 5.05. The molecule has 3 nitrogen and oxygen atoms in total. The summed E-state index contributed by atoms with van der Waals surface area (Å²) in [7, 11) is 0. The van der Waals surface area contributed by atoms with Crippen LogP contribution in [0.15, 0.2) is 30.3 Å². The maximum Gasteiger partial charge on any atom is 0.265 e. The monoisotopic (exact) mass is 272 g/mol. The highest BCUT2D eigenvalue weighted by molar-refractivity contribution is 7.14. The van der Waals surface area contributed by atoms with E-state index in [0.717, 1.165) is 34.1 Å². The Hall–Kier alpha value is -1.81. The van der Waals surface area contributed by atoms with E-state index in [1.165, 1.54) is 23.3 Å². The Labute approximate surface area is 116 Å². The zero-order chi connectivity index (χ0) is 13.2. The molecule has 0 bridgehead atoms. The first-order valence-corrected chi connectivity index (χ1v) is 7.28. The number of benzene rings is 1. The van der Waals surface area contributed by atoms with Gasteiger partial charge in [0.15, 0.2) is 0 Å². The lowest BCUT2D eigenvalue weighted by molar-refractivity contribution is 0.103. The number of hydrogen-bond donors (Lipinski definition) is 2. The number of thiophene rings is 1. The first kappa shape index (κ1) is 12.2. The van der Waals surface area contributed by atoms with Crippen molar-refractivity contribution in [3.05, 3.63) is 45.6 Å². The molecule has 98 valence electrons. The van der Waals surface area contributed by atoms with Crippen LogP contribution in [0.25, 0.3) is 0 Å². The Morgan fingerprint density at radius 2 is 2.21 bits per heavy atom. The molecule has 0 aliphatic carbocycles. The van der Waals surface area contributed by atoms with Gasteiger partial charge in [0.1, 0.15) is 0 Å². The SMILES string of the molecule is Cc1ccc(C(=O)Nc2ccc3c(c2)NCCC3)s1. The van der Waals surface area contributed by atoms with E-state index >= 15 is 0 Å². The predicted molar refractivity (Wildman–Crippen MR) is 80.3 cm³/mol. The summed E-state index contributed by atoms with van der Waals surface area (Å²) in [5.74, 6) is -0.0335. The molecule has 2 heterocycles. The molecular weight excluding hydrogens is 256 g/mol. The summed E-state index contributed by atoms with van der Waals surface area (Å²) in [6.45, 7) is 3.01. The topological polar surface area (TPSA) is 41.1 Å². The summed E-state index contributed by atoms with van der Waals surface area (Å²) in [5, 5.41) is 6.32. The Morgan fingerprint density at radius 1 is 1.32 bits per heavy atom. The van der Waals surface area contributed by atoms with Crippen LogP contribution in [0.2, 0.25) is 0 Å². The summed E-state index contributed by atoms with van der Waals surface area (Å²) >= 11 is 1.52. The van der Waals surface area contributed by atoms with Crippen molar-refractivity contribution in [1.82, 2.24) is 0 Å². The minimum Gasteiger partial charge on any atom is -0.385 e. The molecule has 1 aliphatic heterocycles. The van der Waals surface area contributed by atoms with Crippen LogP contribution in [-0.4, -0.2) is 12.5 Å². The number of carbonyl (C=O) groups excluding carboxylic acids is 1. The van der Waals surface area contributed by atoms with Gasteiger partial charge in [0.2, 0.25) is 0 Å². The van der Waals surface area contributed by atoms with E-state index in [-0.39, 0.29) is 5.91 Å². The van der Waals surface area contributed by atoms with Gasteiger partial charge in [-0.3, -0.25) is 4.79 Å². The predicted octanol–water partition coefficient (Wildman–Crippen LogP) is 3.67. The Morgan fingerprint density at radius 3 is 3.00 bits per heavy atom. The summed E-state index contributed by atoms with van der Waals surface area (Å²) in [6, 6.07) is 9.92. The van der Waals surface area contributed by atoms with Crippen molar-refractivity contribution >= 4 is 28.6 Å². The average Bonchev–Trinajstić information content (AvgIpc) is 2.85. The van der Waals surface area contributed by atoms with Gasteiger partial charge < -0.3 is 10.6 Å². The van der Waals surface area contributed by atoms with Crippen molar-refractivity contribution in [2.45, 2.75) is 19.8 Å². The molecule has 2 aromatic rings. The van der Waals surface area contributed by atoms with Crippen LogP contribution in [0.3, 0.4) is 0 Å². The highest BCUT2D eigenvalue weighted by atomic mass is 32.1. The number of carbonyl (C=O) groups is 1. The summed E-state index contributed by atoms with van der Waals surface area (Å²) in [5.41, 5.74) is 3.33. The van der Waals surface area contributed by atoms with E-state index in [0.29, 0.717) is 0 Å². The van der Waals surface area contributed by atoms with E-state index in [9.17, 15) is 4.79 Å². The molecule has 0 saturated carbocycles. The van der Waals surface area contributed by atoms with Crippen LogP contribution in [0.1, 0.15) is 26.5 Å². The molecule has 1 aromatic carbocycles. The molecular formula is C15H16N2OS. The lowest BCUT2D eigenvalue weighted by Crippen LogP contribution is -2.14. The molecule has 0 radical (unpaired) electrons. The van der Waals surface area contributed by atoms with Crippen molar-refractivity contribution in [3.8, 4) is 0 Å². The van der Waals surface area contributed by atoms with Gasteiger partial charge in [-0.25, -0.2) is 0 Å². The Balaban J connectivity index is 1.78. The first-order chi connectivity index (χ1) is 9.22. The number of rotatable bonds is 2. The molecule has 1 aromatic heterocycles. The zero-order valence-electron chi connectivity index (χ0n) is 10.8. The van der Waals surface area contributed by atoms with Crippen molar-refractivity contribution < 1.29 is 4.79 Å². The molecule has 3 rings (SSSR count). The molecule has 0 saturated heterocycles. The van der Waals surface area contributed by atoms with Crippen LogP contribution < -0.4 is 10.6 Å². The largest absolute Gasteiger partial charge is 0.385 e. The second-order valence-corrected chi connectivity index (χ2v) is 6.05. The fourth-order valence-corrected chi connectivity index (χ4v) is 3.05. The van der Waals surface area contributed by atoms with Gasteiger partial charge >= 0.3 is 0 Å². The van der Waals surface area contributed by atoms with Crippen LogP contribution in [0, 0.1) is 6.92 Å². The lowest BCUT2D eigenvalue weighted by Gasteiger charge is -2.18. The van der Waals surface area contributed by atoms with Gasteiger partial charge in [-0.1, -0.05) is 6.07 Å². The third kappa shape index (κ3) is 2.63. The molecule has 0 fully saturated rings. The van der Waals surface area contributed by atoms with Gasteiger partial charge in [-0.2, -0.15) is 0 Å². The van der Waals surface area contributed by atoms with Crippen LogP contribution in [-0.2, 0) is 6.42 Å². The molecule has 0 atom stereocenters. The number of anilines is 2. The maximum atomic E-state index is 12.1. The summed E-state index contributed by atoms with van der Waals surface area (Å²) in [4.78, 5) is 14.0. The lowest BCUT2D eigenvalue weighted by atomic mass is 10.0. The molecule has 0 unspecified atom stereocenters. The minimum atomic E-state index is -0.0335. The van der Waals surface area contributed by atoms with Gasteiger partial charge in [0, 0.05) is 22.8 Å². The van der Waals surface area contributed by atoms with Crippen LogP contribution in [0.5, 0.6) is 0 Å². The fourth-order valence-electron chi connectivity index (χ4n) is 2.29. The third-order valence-electron chi connectivity index (χ3n) is 3.27. The fraction of sp³-hybridized carbons (Fsp3) is 0.267. The minimum absolute atomic E-state index is 0.0335. The Bertz CT molecular complexity index is 618. The zero-order valence-corrected chi connectivity index (χ0v) is 11.6. The Kier molecular flexibility index (Phi) is 3.25. The smallest absolute Gasteiger partial charge is 0.265 e. The van der Waals surface area contributed by atoms with E-state index < -0.39 is 0 Å². The number of nitrogens with one attached hydrogen (secondary N) is 2. The summed E-state index contributed by atoms with van der Waals surface area (Å²) in [6.07, 6.45) is 2.29. The van der Waals surface area contributed by atoms with Gasteiger partial charge in [0.25, 0.3) is 5.91 Å². The molecule has 19 heavy (non-hydrogen) atoms. The normalized spacial score (nSPS) is 13.5. The molecule has 1 aliphatic rings. The highest BCUT2D eigenvalue weighted by Gasteiger charge is 2.11. The molecule has 1 amide bonds. The van der Waals surface area contributed by atoms with Gasteiger partial charge in [0.05, 0.1) is 4.88 Å².